The normalized spacial score (nSPS) is 20.2. The van der Waals surface area contributed by atoms with Gasteiger partial charge in [-0.2, -0.15) is 0 Å². The Morgan fingerprint density at radius 2 is 1.90 bits per heavy atom. The zero-order valence-corrected chi connectivity index (χ0v) is 27.8. The lowest BCUT2D eigenvalue weighted by Crippen LogP contribution is -2.57. The zero-order valence-electron chi connectivity index (χ0n) is 27.8. The third kappa shape index (κ3) is 5.32. The number of nitrogens with zero attached hydrogens (tertiary/aromatic N) is 4. The highest BCUT2D eigenvalue weighted by atomic mass is 19.1. The Morgan fingerprint density at radius 1 is 1.12 bits per heavy atom. The first-order chi connectivity index (χ1) is 23.6. The first-order valence-electron chi connectivity index (χ1n) is 16.8. The number of pyridine rings is 1. The molecule has 3 aromatic heterocycles. The van der Waals surface area contributed by atoms with E-state index in [4.69, 9.17) is 9.72 Å². The molecule has 0 unspecified atom stereocenters. The number of anilines is 2. The van der Waals surface area contributed by atoms with Gasteiger partial charge in [0.05, 0.1) is 41.5 Å². The van der Waals surface area contributed by atoms with Gasteiger partial charge in [-0.3, -0.25) is 9.59 Å². The standard InChI is InChI=1S/C38H38F2N6O3/c1-22-16-29-34(41-21-45(29)3)36-32(22)26-6-5-14-46-30(19-23(35(26)46)10-15-44(36)2)37(48)24-17-27(39)33(28(40)18-24)43-31(47)7-4-13-42-38-11-8-25(9-12-38)49-20-38/h4-7,14,16-19,21,25,42H,8-13,15,20H2,1-3H3,(H,43,47)/b7-4+. The summed E-state index contributed by atoms with van der Waals surface area (Å²) in [4.78, 5) is 33.5. The molecule has 3 fully saturated rings. The molecule has 252 valence electrons. The summed E-state index contributed by atoms with van der Waals surface area (Å²) in [5.74, 6) is -3.24. The molecule has 9 rings (SSSR count). The second-order valence-electron chi connectivity index (χ2n) is 13.7. The molecule has 5 aromatic rings. The van der Waals surface area contributed by atoms with Crippen LogP contribution in [0.5, 0.6) is 0 Å². The van der Waals surface area contributed by atoms with Gasteiger partial charge in [0.25, 0.3) is 0 Å². The largest absolute Gasteiger partial charge is 0.376 e. The maximum Gasteiger partial charge on any atom is 0.248 e. The van der Waals surface area contributed by atoms with Crippen molar-refractivity contribution in [3.63, 3.8) is 0 Å². The van der Waals surface area contributed by atoms with Crippen molar-refractivity contribution >= 4 is 39.6 Å². The fraction of sp³-hybridized carbons (Fsp3) is 0.342. The molecule has 4 aliphatic rings. The molecule has 2 aromatic carbocycles. The van der Waals surface area contributed by atoms with E-state index in [9.17, 15) is 9.59 Å². The van der Waals surface area contributed by atoms with Gasteiger partial charge in [-0.15, -0.1) is 0 Å². The van der Waals surface area contributed by atoms with E-state index in [0.29, 0.717) is 37.9 Å². The molecule has 1 amide bonds. The van der Waals surface area contributed by atoms with Crippen molar-refractivity contribution in [2.24, 2.45) is 7.05 Å². The maximum absolute atomic E-state index is 15.4. The predicted molar refractivity (Wildman–Crippen MR) is 185 cm³/mol. The minimum absolute atomic E-state index is 0.0772. The van der Waals surface area contributed by atoms with E-state index in [0.717, 1.165) is 82.3 Å². The van der Waals surface area contributed by atoms with Crippen LogP contribution in [-0.4, -0.2) is 64.0 Å². The number of nitrogens with one attached hydrogen (secondary N) is 2. The van der Waals surface area contributed by atoms with Gasteiger partial charge in [-0.25, -0.2) is 13.8 Å². The van der Waals surface area contributed by atoms with Crippen LogP contribution in [0.1, 0.15) is 52.9 Å². The second kappa shape index (κ2) is 11.9. The molecule has 6 heterocycles. The number of hydrogen-bond donors (Lipinski definition) is 2. The summed E-state index contributed by atoms with van der Waals surface area (Å²) in [6, 6.07) is 9.84. The summed E-state index contributed by atoms with van der Waals surface area (Å²) in [6.45, 7) is 3.85. The Balaban J connectivity index is 1.06. The number of carbonyl (C=O) groups excluding carboxylic acids is 2. The Morgan fingerprint density at radius 3 is 2.63 bits per heavy atom. The fourth-order valence-electron chi connectivity index (χ4n) is 7.93. The van der Waals surface area contributed by atoms with Gasteiger partial charge >= 0.3 is 0 Å². The van der Waals surface area contributed by atoms with Crippen LogP contribution >= 0.6 is 0 Å². The van der Waals surface area contributed by atoms with E-state index >= 15 is 8.78 Å². The molecule has 11 heteroatoms. The van der Waals surface area contributed by atoms with Crippen molar-refractivity contribution in [2.75, 3.05) is 37.0 Å². The number of aryl methyl sites for hydroxylation is 2. The molecule has 9 nitrogen and oxygen atoms in total. The van der Waals surface area contributed by atoms with Crippen LogP contribution in [0.2, 0.25) is 0 Å². The summed E-state index contributed by atoms with van der Waals surface area (Å²) in [7, 11) is 4.03. The van der Waals surface area contributed by atoms with E-state index in [1.54, 1.807) is 6.08 Å². The molecule has 2 saturated heterocycles. The van der Waals surface area contributed by atoms with E-state index in [1.165, 1.54) is 6.08 Å². The van der Waals surface area contributed by atoms with Gasteiger partial charge < -0.3 is 29.2 Å². The minimum Gasteiger partial charge on any atom is -0.376 e. The second-order valence-corrected chi connectivity index (χ2v) is 13.7. The SMILES string of the molecule is Cc1cc2c(ncn2C)c2c1-c1cccn3c(C(=O)c4cc(F)c(NC(=O)/C=C/CNC56CCC(CC5)OC6)c(F)c4)cc(c13)CCN2C. The van der Waals surface area contributed by atoms with Crippen LogP contribution in [0.4, 0.5) is 20.2 Å². The summed E-state index contributed by atoms with van der Waals surface area (Å²) in [5, 5.41) is 5.77. The van der Waals surface area contributed by atoms with Crippen LogP contribution < -0.4 is 15.5 Å². The van der Waals surface area contributed by atoms with E-state index in [-0.39, 0.29) is 11.1 Å². The fourth-order valence-corrected chi connectivity index (χ4v) is 7.93. The minimum atomic E-state index is -1.02. The summed E-state index contributed by atoms with van der Waals surface area (Å²) < 4.78 is 40.4. The number of likely N-dealkylation sites (N-methyl/N-ethyl adjacent to an activating group) is 1. The molecule has 0 spiro atoms. The topological polar surface area (TPSA) is 92.9 Å². The number of fused-ring (bicyclic) bond motifs is 7. The first-order valence-corrected chi connectivity index (χ1v) is 16.8. The van der Waals surface area contributed by atoms with Crippen LogP contribution in [0.15, 0.2) is 61.1 Å². The molecule has 2 bridgehead atoms. The third-order valence-corrected chi connectivity index (χ3v) is 10.6. The molecule has 1 saturated carbocycles. The maximum atomic E-state index is 15.4. The van der Waals surface area contributed by atoms with Gasteiger partial charge in [0.2, 0.25) is 11.7 Å². The summed E-state index contributed by atoms with van der Waals surface area (Å²) >= 11 is 0. The van der Waals surface area contributed by atoms with Crippen LogP contribution in [0, 0.1) is 18.6 Å². The highest BCUT2D eigenvalue weighted by Crippen LogP contribution is 2.44. The molecular weight excluding hydrogens is 626 g/mol. The van der Waals surface area contributed by atoms with Gasteiger partial charge in [-0.05, 0) is 80.5 Å². The zero-order chi connectivity index (χ0) is 34.0. The van der Waals surface area contributed by atoms with Crippen molar-refractivity contribution in [1.29, 1.82) is 0 Å². The van der Waals surface area contributed by atoms with Crippen LogP contribution in [0.3, 0.4) is 0 Å². The number of imidazole rings is 1. The van der Waals surface area contributed by atoms with Crippen LogP contribution in [0.25, 0.3) is 27.7 Å². The number of hydrogen-bond acceptors (Lipinski definition) is 6. The number of ketones is 1. The lowest BCUT2D eigenvalue weighted by atomic mass is 9.78. The molecule has 3 aliphatic heterocycles. The van der Waals surface area contributed by atoms with Crippen molar-refractivity contribution < 1.29 is 23.1 Å². The number of halogens is 2. The van der Waals surface area contributed by atoms with E-state index in [1.807, 2.05) is 53.8 Å². The molecule has 49 heavy (non-hydrogen) atoms. The smallest absolute Gasteiger partial charge is 0.248 e. The van der Waals surface area contributed by atoms with E-state index in [2.05, 4.69) is 28.5 Å². The monoisotopic (exact) mass is 664 g/mol. The quantitative estimate of drug-likeness (QED) is 0.162. The molecule has 1 aliphatic carbocycles. The number of ether oxygens (including phenoxy) is 1. The number of rotatable bonds is 7. The van der Waals surface area contributed by atoms with Gasteiger partial charge in [0, 0.05) is 61.7 Å². The number of carbonyl (C=O) groups is 2. The highest BCUT2D eigenvalue weighted by molar-refractivity contribution is 6.11. The molecule has 2 N–H and O–H groups in total. The molecule has 0 radical (unpaired) electrons. The number of benzene rings is 2. The van der Waals surface area contributed by atoms with E-state index < -0.39 is 29.0 Å². The molecular formula is C38H38F2N6O3. The first kappa shape index (κ1) is 31.4. The van der Waals surface area contributed by atoms with Crippen molar-refractivity contribution in [3.05, 3.63) is 95.1 Å². The molecule has 0 atom stereocenters. The number of amides is 1. The Hall–Kier alpha value is -4.87. The highest BCUT2D eigenvalue weighted by Gasteiger charge is 2.40. The van der Waals surface area contributed by atoms with Gasteiger partial charge in [-0.1, -0.05) is 12.1 Å². The van der Waals surface area contributed by atoms with Crippen molar-refractivity contribution in [3.8, 4) is 11.1 Å². The lowest BCUT2D eigenvalue weighted by Gasteiger charge is -2.46. The Kier molecular flexibility index (Phi) is 7.64. The third-order valence-electron chi connectivity index (χ3n) is 10.6. The van der Waals surface area contributed by atoms with Gasteiger partial charge in [0.1, 0.15) is 22.8 Å². The van der Waals surface area contributed by atoms with Gasteiger partial charge in [0.15, 0.2) is 0 Å². The van der Waals surface area contributed by atoms with Crippen LogP contribution in [-0.2, 0) is 23.0 Å². The Bertz CT molecular complexity index is 2160. The average molecular weight is 665 g/mol. The van der Waals surface area contributed by atoms with Crippen molar-refractivity contribution in [1.82, 2.24) is 19.3 Å². The summed E-state index contributed by atoms with van der Waals surface area (Å²) in [6.07, 6.45) is 11.6. The summed E-state index contributed by atoms with van der Waals surface area (Å²) in [5.41, 5.74) is 7.37. The lowest BCUT2D eigenvalue weighted by molar-refractivity contribution is -0.112. The average Bonchev–Trinajstić information content (AvgIpc) is 3.66. The Labute approximate surface area is 282 Å². The predicted octanol–water partition coefficient (Wildman–Crippen LogP) is 6.10. The number of aromatic nitrogens is 3. The van der Waals surface area contributed by atoms with Crippen molar-refractivity contribution in [2.45, 2.75) is 50.7 Å².